The smallest absolute Gasteiger partial charge is 0.362 e. The monoisotopic (exact) mass is 411 g/mol. The first-order valence-electron chi connectivity index (χ1n) is 9.59. The second-order valence-corrected chi connectivity index (χ2v) is 7.82. The number of cyclic esters (lactones) is 1. The number of ether oxygens (including phenoxy) is 3. The Morgan fingerprint density at radius 2 is 1.97 bits per heavy atom. The molecule has 0 bridgehead atoms. The molecule has 150 valence electrons. The van der Waals surface area contributed by atoms with Crippen LogP contribution in [0.4, 0.5) is 5.00 Å². The highest BCUT2D eigenvalue weighted by molar-refractivity contribution is 7.16. The first kappa shape index (κ1) is 19.4. The van der Waals surface area contributed by atoms with Gasteiger partial charge in [-0.2, -0.15) is 0 Å². The normalized spacial score (nSPS) is 17.0. The van der Waals surface area contributed by atoms with Crippen LogP contribution in [-0.2, 0) is 27.1 Å². The SMILES string of the molecule is CCOC(=O)c1c(N=C2C=C(c3ccc(OC)cc3)OC2=O)sc2c1CCCC2. The molecule has 2 aromatic rings. The average Bonchev–Trinajstić information content (AvgIpc) is 3.28. The minimum absolute atomic E-state index is 0.181. The topological polar surface area (TPSA) is 74.2 Å². The highest BCUT2D eigenvalue weighted by Crippen LogP contribution is 2.41. The average molecular weight is 411 g/mol. The van der Waals surface area contributed by atoms with Crippen molar-refractivity contribution in [1.82, 2.24) is 0 Å². The van der Waals surface area contributed by atoms with Crippen LogP contribution in [0.15, 0.2) is 35.3 Å². The molecule has 0 N–H and O–H groups in total. The number of nitrogens with zero attached hydrogens (tertiary/aromatic N) is 1. The number of aliphatic imine (C=N–C) groups is 1. The fourth-order valence-corrected chi connectivity index (χ4v) is 4.75. The van der Waals surface area contributed by atoms with E-state index in [0.29, 0.717) is 22.9 Å². The summed E-state index contributed by atoms with van der Waals surface area (Å²) in [6.45, 7) is 2.07. The van der Waals surface area contributed by atoms with E-state index in [1.165, 1.54) is 11.3 Å². The van der Waals surface area contributed by atoms with Crippen LogP contribution < -0.4 is 4.74 Å². The van der Waals surface area contributed by atoms with Gasteiger partial charge in [0.2, 0.25) is 0 Å². The Labute approximate surface area is 172 Å². The zero-order chi connectivity index (χ0) is 20.4. The quantitative estimate of drug-likeness (QED) is 0.678. The molecule has 4 rings (SSSR count). The van der Waals surface area contributed by atoms with Crippen molar-refractivity contribution in [3.05, 3.63) is 51.9 Å². The number of rotatable bonds is 5. The van der Waals surface area contributed by atoms with Gasteiger partial charge in [0.25, 0.3) is 0 Å². The van der Waals surface area contributed by atoms with Crippen LogP contribution >= 0.6 is 11.3 Å². The summed E-state index contributed by atoms with van der Waals surface area (Å²) >= 11 is 1.47. The molecule has 0 saturated heterocycles. The molecule has 0 fully saturated rings. The summed E-state index contributed by atoms with van der Waals surface area (Å²) in [4.78, 5) is 30.6. The van der Waals surface area contributed by atoms with Gasteiger partial charge >= 0.3 is 11.9 Å². The van der Waals surface area contributed by atoms with E-state index < -0.39 is 5.97 Å². The van der Waals surface area contributed by atoms with Crippen LogP contribution in [0.3, 0.4) is 0 Å². The number of hydrogen-bond donors (Lipinski definition) is 0. The largest absolute Gasteiger partial charge is 0.497 e. The number of carbonyl (C=O) groups is 2. The van der Waals surface area contributed by atoms with Gasteiger partial charge in [0, 0.05) is 16.5 Å². The van der Waals surface area contributed by atoms with Crippen LogP contribution in [-0.4, -0.2) is 31.4 Å². The van der Waals surface area contributed by atoms with Gasteiger partial charge in [0.1, 0.15) is 16.5 Å². The number of benzene rings is 1. The number of esters is 2. The molecule has 0 radical (unpaired) electrons. The zero-order valence-corrected chi connectivity index (χ0v) is 17.1. The lowest BCUT2D eigenvalue weighted by atomic mass is 9.95. The summed E-state index contributed by atoms with van der Waals surface area (Å²) in [6, 6.07) is 7.22. The third kappa shape index (κ3) is 3.82. The Hall–Kier alpha value is -2.93. The van der Waals surface area contributed by atoms with Gasteiger partial charge in [-0.15, -0.1) is 11.3 Å². The summed E-state index contributed by atoms with van der Waals surface area (Å²) in [6.07, 6.45) is 5.50. The van der Waals surface area contributed by atoms with Gasteiger partial charge in [-0.05, 0) is 62.4 Å². The molecule has 2 heterocycles. The predicted molar refractivity (Wildman–Crippen MR) is 111 cm³/mol. The van der Waals surface area contributed by atoms with Crippen LogP contribution in [0.5, 0.6) is 5.75 Å². The molecule has 7 heteroatoms. The van der Waals surface area contributed by atoms with E-state index in [9.17, 15) is 9.59 Å². The molecule has 0 saturated carbocycles. The van der Waals surface area contributed by atoms with Crippen molar-refractivity contribution in [3.63, 3.8) is 0 Å². The Kier molecular flexibility index (Phi) is 5.49. The summed E-state index contributed by atoms with van der Waals surface area (Å²) in [5, 5.41) is 0.523. The number of aryl methyl sites for hydroxylation is 1. The fourth-order valence-electron chi connectivity index (χ4n) is 3.49. The minimum atomic E-state index is -0.531. The van der Waals surface area contributed by atoms with E-state index in [1.807, 2.05) is 12.1 Å². The number of hydrogen-bond acceptors (Lipinski definition) is 7. The van der Waals surface area contributed by atoms with Gasteiger partial charge in [-0.1, -0.05) is 0 Å². The van der Waals surface area contributed by atoms with Crippen molar-refractivity contribution < 1.29 is 23.8 Å². The fraction of sp³-hybridized carbons (Fsp3) is 0.318. The van der Waals surface area contributed by atoms with Gasteiger partial charge in [-0.25, -0.2) is 14.6 Å². The van der Waals surface area contributed by atoms with Crippen molar-refractivity contribution in [2.75, 3.05) is 13.7 Å². The summed E-state index contributed by atoms with van der Waals surface area (Å²) in [7, 11) is 1.59. The second kappa shape index (κ2) is 8.21. The molecule has 0 atom stereocenters. The lowest BCUT2D eigenvalue weighted by molar-refractivity contribution is -0.128. The number of fused-ring (bicyclic) bond motifs is 1. The molecule has 0 unspecified atom stereocenters. The Bertz CT molecular complexity index is 1020. The molecule has 1 aromatic carbocycles. The molecule has 6 nitrogen and oxygen atoms in total. The first-order chi connectivity index (χ1) is 14.1. The van der Waals surface area contributed by atoms with Crippen LogP contribution in [0, 0.1) is 0 Å². The van der Waals surface area contributed by atoms with Gasteiger partial charge in [0.05, 0.1) is 19.3 Å². The molecule has 29 heavy (non-hydrogen) atoms. The third-order valence-corrected chi connectivity index (χ3v) is 6.09. The van der Waals surface area contributed by atoms with E-state index in [-0.39, 0.29) is 11.7 Å². The summed E-state index contributed by atoms with van der Waals surface area (Å²) < 4.78 is 15.8. The van der Waals surface area contributed by atoms with E-state index in [0.717, 1.165) is 47.4 Å². The minimum Gasteiger partial charge on any atom is -0.497 e. The van der Waals surface area contributed by atoms with Crippen molar-refractivity contribution in [1.29, 1.82) is 0 Å². The molecule has 0 amide bonds. The number of methoxy groups -OCH3 is 1. The second-order valence-electron chi connectivity index (χ2n) is 6.74. The molecule has 1 aliphatic carbocycles. The van der Waals surface area contributed by atoms with Crippen molar-refractivity contribution in [3.8, 4) is 5.75 Å². The Morgan fingerprint density at radius 1 is 1.21 bits per heavy atom. The van der Waals surface area contributed by atoms with Gasteiger partial charge in [-0.3, -0.25) is 0 Å². The van der Waals surface area contributed by atoms with E-state index in [4.69, 9.17) is 14.2 Å². The lowest BCUT2D eigenvalue weighted by Crippen LogP contribution is -2.10. The molecular formula is C22H21NO5S. The van der Waals surface area contributed by atoms with Crippen LogP contribution in [0.2, 0.25) is 0 Å². The summed E-state index contributed by atoms with van der Waals surface area (Å²) in [5.74, 6) is 0.236. The molecule has 1 aromatic heterocycles. The summed E-state index contributed by atoms with van der Waals surface area (Å²) in [5.41, 5.74) is 2.45. The highest BCUT2D eigenvalue weighted by atomic mass is 32.1. The standard InChI is InChI=1S/C22H21NO5S/c1-3-27-22(25)19-15-6-4-5-7-18(15)29-20(19)23-16-12-17(28-21(16)24)13-8-10-14(26-2)11-9-13/h8-12H,3-7H2,1-2H3. The van der Waals surface area contributed by atoms with E-state index in [2.05, 4.69) is 4.99 Å². The zero-order valence-electron chi connectivity index (χ0n) is 16.3. The van der Waals surface area contributed by atoms with Crippen LogP contribution in [0.25, 0.3) is 5.76 Å². The lowest BCUT2D eigenvalue weighted by Gasteiger charge is -2.11. The molecule has 1 aliphatic heterocycles. The van der Waals surface area contributed by atoms with E-state index >= 15 is 0 Å². The van der Waals surface area contributed by atoms with Crippen molar-refractivity contribution in [2.45, 2.75) is 32.6 Å². The molecular weight excluding hydrogens is 390 g/mol. The van der Waals surface area contributed by atoms with Crippen molar-refractivity contribution in [2.24, 2.45) is 4.99 Å². The van der Waals surface area contributed by atoms with Gasteiger partial charge < -0.3 is 14.2 Å². The molecule has 2 aliphatic rings. The maximum absolute atomic E-state index is 12.6. The Balaban J connectivity index is 1.71. The number of carbonyl (C=O) groups excluding carboxylic acids is 2. The maximum Gasteiger partial charge on any atom is 0.362 e. The van der Waals surface area contributed by atoms with Crippen LogP contribution in [0.1, 0.15) is 46.1 Å². The number of thiophene rings is 1. The first-order valence-corrected chi connectivity index (χ1v) is 10.4. The Morgan fingerprint density at radius 3 is 2.69 bits per heavy atom. The van der Waals surface area contributed by atoms with Crippen molar-refractivity contribution >= 4 is 39.7 Å². The van der Waals surface area contributed by atoms with Gasteiger partial charge in [0.15, 0.2) is 5.71 Å². The van der Waals surface area contributed by atoms with E-state index in [1.54, 1.807) is 32.2 Å². The highest BCUT2D eigenvalue weighted by Gasteiger charge is 2.29. The predicted octanol–water partition coefficient (Wildman–Crippen LogP) is 4.48. The third-order valence-electron chi connectivity index (χ3n) is 4.91. The maximum atomic E-state index is 12.6. The molecule has 0 spiro atoms.